The van der Waals surface area contributed by atoms with Crippen LogP contribution in [-0.4, -0.2) is 79.6 Å². The zero-order valence-corrected chi connectivity index (χ0v) is 20.6. The first-order valence-electron chi connectivity index (χ1n) is 12.8. The van der Waals surface area contributed by atoms with E-state index in [0.717, 1.165) is 72.0 Å². The van der Waals surface area contributed by atoms with Crippen LogP contribution in [0.5, 0.6) is 0 Å². The minimum atomic E-state index is -4.54. The maximum absolute atomic E-state index is 12.8. The molecule has 5 rings (SSSR count). The molecule has 194 valence electrons. The SMILES string of the molecule is Cc1ccc(CN2CCCC23CCN(C(=O)OC(C)C(F)(F)F)CC3)c(N2CC3COCC3C2)c1. The lowest BCUT2D eigenvalue weighted by Crippen LogP contribution is -2.53. The highest BCUT2D eigenvalue weighted by molar-refractivity contribution is 5.68. The number of piperidine rings is 1. The molecule has 4 fully saturated rings. The summed E-state index contributed by atoms with van der Waals surface area (Å²) in [6, 6.07) is 6.74. The molecule has 4 aliphatic heterocycles. The molecule has 4 saturated heterocycles. The van der Waals surface area contributed by atoms with E-state index in [2.05, 4.69) is 39.7 Å². The molecule has 0 saturated carbocycles. The first-order chi connectivity index (χ1) is 16.6. The smallest absolute Gasteiger partial charge is 0.425 e. The molecule has 4 heterocycles. The van der Waals surface area contributed by atoms with Gasteiger partial charge in [-0.2, -0.15) is 13.2 Å². The standard InChI is InChI=1S/C26H36F3N3O3/c1-18-4-5-20(23(12-18)31-13-21-16-34-17-22(21)14-31)15-32-9-3-6-25(32)7-10-30(11-8-25)24(33)35-19(2)26(27,28)29/h4-5,12,19,21-22H,3,6-11,13-17H2,1-2H3. The highest BCUT2D eigenvalue weighted by atomic mass is 19.4. The number of halogens is 3. The van der Waals surface area contributed by atoms with Gasteiger partial charge in [0.25, 0.3) is 0 Å². The van der Waals surface area contributed by atoms with Gasteiger partial charge in [0.15, 0.2) is 6.10 Å². The number of rotatable bonds is 4. The molecule has 0 bridgehead atoms. The maximum Gasteiger partial charge on any atom is 0.425 e. The number of benzene rings is 1. The molecule has 3 atom stereocenters. The van der Waals surface area contributed by atoms with E-state index >= 15 is 0 Å². The van der Waals surface area contributed by atoms with Gasteiger partial charge in [0.05, 0.1) is 13.2 Å². The topological polar surface area (TPSA) is 45.2 Å². The summed E-state index contributed by atoms with van der Waals surface area (Å²) in [4.78, 5) is 18.8. The van der Waals surface area contributed by atoms with Gasteiger partial charge >= 0.3 is 12.3 Å². The molecule has 6 nitrogen and oxygen atoms in total. The van der Waals surface area contributed by atoms with Crippen molar-refractivity contribution in [3.8, 4) is 0 Å². The third-order valence-corrected chi connectivity index (χ3v) is 8.61. The number of carbonyl (C=O) groups excluding carboxylic acids is 1. The van der Waals surface area contributed by atoms with Gasteiger partial charge in [0, 0.05) is 55.8 Å². The summed E-state index contributed by atoms with van der Waals surface area (Å²) in [6.07, 6.45) is -3.82. The zero-order valence-electron chi connectivity index (χ0n) is 20.6. The highest BCUT2D eigenvalue weighted by Crippen LogP contribution is 2.41. The molecule has 1 aromatic carbocycles. The average molecular weight is 496 g/mol. The normalized spacial score (nSPS) is 27.5. The molecule has 0 N–H and O–H groups in total. The van der Waals surface area contributed by atoms with Crippen molar-refractivity contribution in [3.05, 3.63) is 29.3 Å². The van der Waals surface area contributed by atoms with Gasteiger partial charge in [-0.15, -0.1) is 0 Å². The number of aryl methyl sites for hydroxylation is 1. The van der Waals surface area contributed by atoms with E-state index in [0.29, 0.717) is 24.9 Å². The Morgan fingerprint density at radius 1 is 1.14 bits per heavy atom. The number of carbonyl (C=O) groups is 1. The van der Waals surface area contributed by atoms with Crippen molar-refractivity contribution in [1.29, 1.82) is 0 Å². The summed E-state index contributed by atoms with van der Waals surface area (Å²) in [7, 11) is 0. The van der Waals surface area contributed by atoms with Gasteiger partial charge in [0.2, 0.25) is 0 Å². The lowest BCUT2D eigenvalue weighted by Gasteiger charge is -2.45. The van der Waals surface area contributed by atoms with Crippen molar-refractivity contribution in [1.82, 2.24) is 9.80 Å². The minimum Gasteiger partial charge on any atom is -0.437 e. The van der Waals surface area contributed by atoms with Crippen LogP contribution in [0.15, 0.2) is 18.2 Å². The molecular weight excluding hydrogens is 459 g/mol. The number of likely N-dealkylation sites (tertiary alicyclic amines) is 2. The molecular formula is C26H36F3N3O3. The lowest BCUT2D eigenvalue weighted by atomic mass is 9.84. The van der Waals surface area contributed by atoms with Crippen LogP contribution in [0.25, 0.3) is 0 Å². The number of alkyl halides is 3. The van der Waals surface area contributed by atoms with E-state index in [-0.39, 0.29) is 5.54 Å². The van der Waals surface area contributed by atoms with Gasteiger partial charge in [-0.3, -0.25) is 4.90 Å². The summed E-state index contributed by atoms with van der Waals surface area (Å²) in [6.45, 7) is 9.53. The Morgan fingerprint density at radius 3 is 2.49 bits per heavy atom. The Kier molecular flexibility index (Phi) is 6.68. The van der Waals surface area contributed by atoms with Gasteiger partial charge in [-0.05, 0) is 63.3 Å². The third kappa shape index (κ3) is 4.99. The molecule has 0 radical (unpaired) electrons. The quantitative estimate of drug-likeness (QED) is 0.611. The van der Waals surface area contributed by atoms with E-state index < -0.39 is 18.4 Å². The fourth-order valence-electron chi connectivity index (χ4n) is 6.40. The minimum absolute atomic E-state index is 0.00998. The van der Waals surface area contributed by atoms with E-state index in [4.69, 9.17) is 4.74 Å². The van der Waals surface area contributed by atoms with Crippen LogP contribution in [-0.2, 0) is 16.0 Å². The molecule has 3 unspecified atom stereocenters. The summed E-state index contributed by atoms with van der Waals surface area (Å²) < 4.78 is 48.7. The molecule has 0 aromatic heterocycles. The predicted molar refractivity (Wildman–Crippen MR) is 126 cm³/mol. The number of anilines is 1. The van der Waals surface area contributed by atoms with Gasteiger partial charge in [-0.1, -0.05) is 12.1 Å². The van der Waals surface area contributed by atoms with Crippen LogP contribution >= 0.6 is 0 Å². The van der Waals surface area contributed by atoms with Crippen molar-refractivity contribution < 1.29 is 27.4 Å². The number of ether oxygens (including phenoxy) is 2. The first kappa shape index (κ1) is 24.7. The van der Waals surface area contributed by atoms with Crippen LogP contribution in [0.2, 0.25) is 0 Å². The van der Waals surface area contributed by atoms with E-state index in [1.807, 2.05) is 0 Å². The Morgan fingerprint density at radius 2 is 1.83 bits per heavy atom. The second-order valence-electron chi connectivity index (χ2n) is 10.9. The first-order valence-corrected chi connectivity index (χ1v) is 12.8. The van der Waals surface area contributed by atoms with Crippen molar-refractivity contribution in [2.24, 2.45) is 11.8 Å². The number of amides is 1. The van der Waals surface area contributed by atoms with Crippen molar-refractivity contribution in [3.63, 3.8) is 0 Å². The number of nitrogens with zero attached hydrogens (tertiary/aromatic N) is 3. The Balaban J connectivity index is 1.25. The number of fused-ring (bicyclic) bond motifs is 1. The summed E-state index contributed by atoms with van der Waals surface area (Å²) >= 11 is 0. The Hall–Kier alpha value is -2.00. The monoisotopic (exact) mass is 495 g/mol. The molecule has 9 heteroatoms. The molecule has 4 aliphatic rings. The molecule has 1 spiro atoms. The van der Waals surface area contributed by atoms with E-state index in [1.165, 1.54) is 21.7 Å². The predicted octanol–water partition coefficient (Wildman–Crippen LogP) is 4.60. The molecule has 1 amide bonds. The lowest BCUT2D eigenvalue weighted by molar-refractivity contribution is -0.200. The van der Waals surface area contributed by atoms with Gasteiger partial charge in [-0.25, -0.2) is 4.79 Å². The Bertz CT molecular complexity index is 920. The van der Waals surface area contributed by atoms with Crippen molar-refractivity contribution in [2.45, 2.75) is 63.9 Å². The van der Waals surface area contributed by atoms with Crippen LogP contribution in [0.4, 0.5) is 23.7 Å². The number of hydrogen-bond donors (Lipinski definition) is 0. The fourth-order valence-corrected chi connectivity index (χ4v) is 6.40. The number of hydrogen-bond acceptors (Lipinski definition) is 5. The van der Waals surface area contributed by atoms with Crippen LogP contribution < -0.4 is 4.90 Å². The second-order valence-corrected chi connectivity index (χ2v) is 10.9. The average Bonchev–Trinajstić information content (AvgIpc) is 3.51. The van der Waals surface area contributed by atoms with Crippen molar-refractivity contribution >= 4 is 11.8 Å². The third-order valence-electron chi connectivity index (χ3n) is 8.61. The van der Waals surface area contributed by atoms with E-state index in [1.54, 1.807) is 0 Å². The molecule has 1 aromatic rings. The van der Waals surface area contributed by atoms with Crippen molar-refractivity contribution in [2.75, 3.05) is 50.8 Å². The summed E-state index contributed by atoms with van der Waals surface area (Å²) in [5.74, 6) is 1.23. The van der Waals surface area contributed by atoms with E-state index in [9.17, 15) is 18.0 Å². The van der Waals surface area contributed by atoms with Gasteiger partial charge in [0.1, 0.15) is 0 Å². The molecule has 35 heavy (non-hydrogen) atoms. The summed E-state index contributed by atoms with van der Waals surface area (Å²) in [5, 5.41) is 0. The maximum atomic E-state index is 12.8. The van der Waals surface area contributed by atoms with Crippen LogP contribution in [0.3, 0.4) is 0 Å². The second kappa shape index (κ2) is 9.47. The highest BCUT2D eigenvalue weighted by Gasteiger charge is 2.46. The van der Waals surface area contributed by atoms with Crippen LogP contribution in [0.1, 0.15) is 43.7 Å². The molecule has 0 aliphatic carbocycles. The fraction of sp³-hybridized carbons (Fsp3) is 0.731. The largest absolute Gasteiger partial charge is 0.437 e. The summed E-state index contributed by atoms with van der Waals surface area (Å²) in [5.41, 5.74) is 3.90. The van der Waals surface area contributed by atoms with Crippen LogP contribution in [0, 0.1) is 18.8 Å². The zero-order chi connectivity index (χ0) is 24.8. The van der Waals surface area contributed by atoms with Gasteiger partial charge < -0.3 is 19.3 Å². The Labute approximate surface area is 205 Å².